The van der Waals surface area contributed by atoms with Crippen molar-refractivity contribution >= 4 is 21.0 Å². The average Bonchev–Trinajstić information content (AvgIpc) is 2.45. The van der Waals surface area contributed by atoms with Crippen LogP contribution in [0.4, 0.5) is 0 Å². The zero-order valence-corrected chi connectivity index (χ0v) is 10.3. The zero-order valence-electron chi connectivity index (χ0n) is 7.52. The van der Waals surface area contributed by atoms with Gasteiger partial charge in [0.25, 0.3) is 0 Å². The number of hydrogen-bond donors (Lipinski definition) is 1. The summed E-state index contributed by atoms with van der Waals surface area (Å²) in [5.74, 6) is 0. The predicted molar refractivity (Wildman–Crippen MR) is 46.3 cm³/mol. The second kappa shape index (κ2) is 4.04. The van der Waals surface area contributed by atoms with Crippen molar-refractivity contribution in [3.63, 3.8) is 0 Å². The van der Waals surface area contributed by atoms with Gasteiger partial charge in [0.15, 0.2) is 0 Å². The Morgan fingerprint density at radius 3 is 2.50 bits per heavy atom. The number of H-pyrrole nitrogens is 1. The van der Waals surface area contributed by atoms with E-state index in [0.717, 1.165) is 0 Å². The molecule has 0 aliphatic carbocycles. The fraction of sp³-hybridized carbons (Fsp3) is 0. The minimum Gasteiger partial charge on any atom is -0.744 e. The third-order valence-electron chi connectivity index (χ3n) is 1.82. The number of aromatic nitrogens is 1. The van der Waals surface area contributed by atoms with Crippen molar-refractivity contribution in [2.75, 3.05) is 0 Å². The molecule has 0 radical (unpaired) electrons. The standard InChI is InChI=1S/C8H7NO3S.Na/c10-13(11,12)8-5-9-7-4-2-1-3-6(7)8;/h1-5,9H,(H,10,11,12);/q;+1/p-1. The van der Waals surface area contributed by atoms with Crippen LogP contribution >= 0.6 is 0 Å². The Balaban J connectivity index is 0.000000980. The van der Waals surface area contributed by atoms with E-state index in [1.807, 2.05) is 0 Å². The second-order valence-electron chi connectivity index (χ2n) is 2.65. The first-order chi connectivity index (χ1) is 6.09. The number of para-hydroxylation sites is 1. The van der Waals surface area contributed by atoms with Gasteiger partial charge in [0.05, 0.1) is 4.90 Å². The molecule has 0 atom stereocenters. The number of aromatic amines is 1. The minimum atomic E-state index is -4.37. The second-order valence-corrected chi connectivity index (χ2v) is 4.00. The number of nitrogens with one attached hydrogen (secondary N) is 1. The number of benzene rings is 1. The van der Waals surface area contributed by atoms with E-state index in [9.17, 15) is 13.0 Å². The van der Waals surface area contributed by atoms with Gasteiger partial charge >= 0.3 is 29.6 Å². The van der Waals surface area contributed by atoms with E-state index < -0.39 is 10.1 Å². The Morgan fingerprint density at radius 2 is 1.86 bits per heavy atom. The zero-order chi connectivity index (χ0) is 9.47. The molecule has 2 rings (SSSR count). The molecule has 1 N–H and O–H groups in total. The summed E-state index contributed by atoms with van der Waals surface area (Å²) in [4.78, 5) is 2.52. The molecule has 1 aromatic carbocycles. The largest absolute Gasteiger partial charge is 1.00 e. The molecule has 68 valence electrons. The van der Waals surface area contributed by atoms with E-state index in [2.05, 4.69) is 4.98 Å². The van der Waals surface area contributed by atoms with Crippen molar-refractivity contribution in [1.82, 2.24) is 4.98 Å². The van der Waals surface area contributed by atoms with E-state index in [1.165, 1.54) is 6.20 Å². The number of fused-ring (bicyclic) bond motifs is 1. The molecule has 6 heteroatoms. The molecule has 1 aromatic heterocycles. The molecule has 0 unspecified atom stereocenters. The van der Waals surface area contributed by atoms with E-state index in [-0.39, 0.29) is 34.5 Å². The van der Waals surface area contributed by atoms with E-state index in [4.69, 9.17) is 0 Å². The van der Waals surface area contributed by atoms with Crippen molar-refractivity contribution in [1.29, 1.82) is 0 Å². The van der Waals surface area contributed by atoms with Crippen LogP contribution in [0.2, 0.25) is 0 Å². The van der Waals surface area contributed by atoms with Gasteiger partial charge in [0.2, 0.25) is 0 Å². The molecule has 0 fully saturated rings. The molecule has 0 aliphatic heterocycles. The molecule has 0 saturated heterocycles. The first-order valence-electron chi connectivity index (χ1n) is 3.61. The molecule has 0 saturated carbocycles. The summed E-state index contributed by atoms with van der Waals surface area (Å²) in [7, 11) is -4.37. The molecule has 0 spiro atoms. The van der Waals surface area contributed by atoms with Crippen molar-refractivity contribution in [2.24, 2.45) is 0 Å². The fourth-order valence-electron chi connectivity index (χ4n) is 1.25. The van der Waals surface area contributed by atoms with Gasteiger partial charge in [-0.3, -0.25) is 0 Å². The van der Waals surface area contributed by atoms with Crippen molar-refractivity contribution in [2.45, 2.75) is 4.90 Å². The number of hydrogen-bond acceptors (Lipinski definition) is 3. The summed E-state index contributed by atoms with van der Waals surface area (Å²) in [5, 5.41) is 0.442. The van der Waals surface area contributed by atoms with Gasteiger partial charge in [0, 0.05) is 17.1 Å². The van der Waals surface area contributed by atoms with Gasteiger partial charge in [-0.15, -0.1) is 0 Å². The Bertz CT molecular complexity index is 546. The Hall–Kier alpha value is -0.330. The van der Waals surface area contributed by atoms with Crippen molar-refractivity contribution in [3.05, 3.63) is 30.5 Å². The summed E-state index contributed by atoms with van der Waals surface area (Å²) in [6.07, 6.45) is 1.22. The van der Waals surface area contributed by atoms with Crippen LogP contribution in [0.15, 0.2) is 35.4 Å². The van der Waals surface area contributed by atoms with Crippen LogP contribution in [0.3, 0.4) is 0 Å². The molecule has 0 bridgehead atoms. The van der Waals surface area contributed by atoms with Crippen molar-refractivity contribution < 1.29 is 42.5 Å². The molecule has 0 amide bonds. The summed E-state index contributed by atoms with van der Waals surface area (Å²) >= 11 is 0. The molecule has 1 heterocycles. The Kier molecular flexibility index (Phi) is 3.39. The van der Waals surface area contributed by atoms with Crippen LogP contribution in [-0.4, -0.2) is 18.0 Å². The predicted octanol–water partition coefficient (Wildman–Crippen LogP) is -1.92. The first kappa shape index (κ1) is 11.7. The smallest absolute Gasteiger partial charge is 0.744 e. The quantitative estimate of drug-likeness (QED) is 0.448. The molecular weight excluding hydrogens is 213 g/mol. The van der Waals surface area contributed by atoms with Gasteiger partial charge in [0.1, 0.15) is 10.1 Å². The van der Waals surface area contributed by atoms with Gasteiger partial charge in [-0.05, 0) is 6.07 Å². The van der Waals surface area contributed by atoms with Gasteiger partial charge in [-0.25, -0.2) is 8.42 Å². The molecular formula is C8H6NNaO3S. The molecule has 14 heavy (non-hydrogen) atoms. The minimum absolute atomic E-state index is 0. The van der Waals surface area contributed by atoms with Crippen LogP contribution in [-0.2, 0) is 10.1 Å². The Labute approximate surface area is 103 Å². The summed E-state index contributed by atoms with van der Waals surface area (Å²) in [6, 6.07) is 6.76. The maximum Gasteiger partial charge on any atom is 1.00 e. The topological polar surface area (TPSA) is 73.0 Å². The monoisotopic (exact) mass is 219 g/mol. The molecule has 2 aromatic rings. The summed E-state index contributed by atoms with van der Waals surface area (Å²) < 4.78 is 32.2. The van der Waals surface area contributed by atoms with Crippen LogP contribution in [0, 0.1) is 0 Å². The first-order valence-corrected chi connectivity index (χ1v) is 5.02. The normalized spacial score (nSPS) is 11.2. The summed E-state index contributed by atoms with van der Waals surface area (Å²) in [5.41, 5.74) is 0.650. The SMILES string of the molecule is O=S(=O)([O-])c1c[nH]c2ccccc12.[Na+]. The fourth-order valence-corrected chi connectivity index (χ4v) is 1.90. The van der Waals surface area contributed by atoms with Crippen LogP contribution in [0.5, 0.6) is 0 Å². The third-order valence-corrected chi connectivity index (χ3v) is 2.70. The third kappa shape index (κ3) is 2.02. The van der Waals surface area contributed by atoms with Gasteiger partial charge in [-0.2, -0.15) is 0 Å². The van der Waals surface area contributed by atoms with Crippen LogP contribution in [0.1, 0.15) is 0 Å². The van der Waals surface area contributed by atoms with E-state index in [0.29, 0.717) is 10.9 Å². The van der Waals surface area contributed by atoms with Gasteiger partial charge in [-0.1, -0.05) is 18.2 Å². The Morgan fingerprint density at radius 1 is 1.21 bits per heavy atom. The van der Waals surface area contributed by atoms with Gasteiger partial charge < -0.3 is 9.54 Å². The van der Waals surface area contributed by atoms with Crippen LogP contribution in [0.25, 0.3) is 10.9 Å². The van der Waals surface area contributed by atoms with E-state index in [1.54, 1.807) is 24.3 Å². The van der Waals surface area contributed by atoms with E-state index >= 15 is 0 Å². The average molecular weight is 219 g/mol. The number of rotatable bonds is 1. The molecule has 4 nitrogen and oxygen atoms in total. The maximum atomic E-state index is 10.7. The molecule has 0 aliphatic rings. The van der Waals surface area contributed by atoms with Crippen molar-refractivity contribution in [3.8, 4) is 0 Å². The maximum absolute atomic E-state index is 10.7. The summed E-state index contributed by atoms with van der Waals surface area (Å²) in [6.45, 7) is 0. The van der Waals surface area contributed by atoms with Crippen LogP contribution < -0.4 is 29.6 Å².